The van der Waals surface area contributed by atoms with Gasteiger partial charge in [0, 0.05) is 32.2 Å². The van der Waals surface area contributed by atoms with Crippen LogP contribution in [0.4, 0.5) is 0 Å². The summed E-state index contributed by atoms with van der Waals surface area (Å²) in [5.74, 6) is 1.38. The number of methoxy groups -OCH3 is 2. The number of pyridine rings is 1. The molecule has 1 saturated heterocycles. The highest BCUT2D eigenvalue weighted by Crippen LogP contribution is 2.38. The van der Waals surface area contributed by atoms with Crippen LogP contribution in [0.3, 0.4) is 0 Å². The molecule has 6 heteroatoms. The lowest BCUT2D eigenvalue weighted by molar-refractivity contribution is -0.136. The minimum atomic E-state index is -0.516. The van der Waals surface area contributed by atoms with Gasteiger partial charge < -0.3 is 19.5 Å². The Morgan fingerprint density at radius 2 is 1.73 bits per heavy atom. The molecule has 33 heavy (non-hydrogen) atoms. The Balaban J connectivity index is 1.55. The van der Waals surface area contributed by atoms with Gasteiger partial charge in [-0.2, -0.15) is 0 Å². The van der Waals surface area contributed by atoms with Gasteiger partial charge in [-0.25, -0.2) is 0 Å². The van der Waals surface area contributed by atoms with Gasteiger partial charge in [-0.3, -0.25) is 9.78 Å². The van der Waals surface area contributed by atoms with Crippen molar-refractivity contribution in [1.29, 1.82) is 0 Å². The average molecular weight is 447 g/mol. The lowest BCUT2D eigenvalue weighted by Gasteiger charge is -2.36. The Morgan fingerprint density at radius 1 is 1.00 bits per heavy atom. The maximum Gasteiger partial charge on any atom is 0.226 e. The fourth-order valence-corrected chi connectivity index (χ4v) is 4.46. The summed E-state index contributed by atoms with van der Waals surface area (Å²) < 4.78 is 16.3. The molecule has 172 valence electrons. The molecule has 1 aliphatic heterocycles. The second-order valence-corrected chi connectivity index (χ2v) is 8.33. The van der Waals surface area contributed by atoms with E-state index in [-0.39, 0.29) is 5.91 Å². The summed E-state index contributed by atoms with van der Waals surface area (Å²) in [5, 5.41) is 3.18. The van der Waals surface area contributed by atoms with Gasteiger partial charge in [0.2, 0.25) is 5.91 Å². The SMILES string of the molecule is COc1ccc(CNC(=O)C2(Cc3ccccc3-c3ccncc3)CCOCC2)cc1OC. The van der Waals surface area contributed by atoms with Crippen molar-refractivity contribution in [2.24, 2.45) is 5.41 Å². The Bertz CT molecular complexity index is 1080. The first-order valence-electron chi connectivity index (χ1n) is 11.2. The van der Waals surface area contributed by atoms with Crippen LogP contribution < -0.4 is 14.8 Å². The van der Waals surface area contributed by atoms with Crippen LogP contribution in [0.1, 0.15) is 24.0 Å². The van der Waals surface area contributed by atoms with Crippen LogP contribution in [0.25, 0.3) is 11.1 Å². The molecule has 0 aliphatic carbocycles. The van der Waals surface area contributed by atoms with Crippen molar-refractivity contribution in [3.05, 3.63) is 78.1 Å². The summed E-state index contributed by atoms with van der Waals surface area (Å²) in [7, 11) is 3.22. The molecule has 0 bridgehead atoms. The van der Waals surface area contributed by atoms with Crippen molar-refractivity contribution in [3.8, 4) is 22.6 Å². The van der Waals surface area contributed by atoms with E-state index >= 15 is 0 Å². The van der Waals surface area contributed by atoms with E-state index in [9.17, 15) is 4.79 Å². The minimum absolute atomic E-state index is 0.0603. The van der Waals surface area contributed by atoms with Gasteiger partial charge in [0.15, 0.2) is 11.5 Å². The van der Waals surface area contributed by atoms with E-state index in [4.69, 9.17) is 14.2 Å². The summed E-state index contributed by atoms with van der Waals surface area (Å²) in [6.07, 6.45) is 5.63. The largest absolute Gasteiger partial charge is 0.493 e. The smallest absolute Gasteiger partial charge is 0.226 e. The molecule has 1 fully saturated rings. The molecular formula is C27H30N2O4. The molecule has 3 aromatic rings. The number of rotatable bonds is 8. The molecule has 0 unspecified atom stereocenters. The average Bonchev–Trinajstić information content (AvgIpc) is 2.88. The van der Waals surface area contributed by atoms with Crippen molar-refractivity contribution >= 4 is 5.91 Å². The number of hydrogen-bond donors (Lipinski definition) is 1. The molecule has 2 heterocycles. The zero-order valence-corrected chi connectivity index (χ0v) is 19.2. The molecule has 6 nitrogen and oxygen atoms in total. The number of carbonyl (C=O) groups excluding carboxylic acids is 1. The molecule has 1 N–H and O–H groups in total. The molecule has 0 spiro atoms. The monoisotopic (exact) mass is 446 g/mol. The number of amides is 1. The lowest BCUT2D eigenvalue weighted by atomic mass is 9.73. The van der Waals surface area contributed by atoms with Crippen LogP contribution in [0, 0.1) is 5.41 Å². The predicted octanol–water partition coefficient (Wildman–Crippen LogP) is 4.42. The molecule has 1 amide bonds. The summed E-state index contributed by atoms with van der Waals surface area (Å²) in [6.45, 7) is 1.59. The van der Waals surface area contributed by atoms with E-state index in [1.807, 2.05) is 42.5 Å². The predicted molar refractivity (Wildman–Crippen MR) is 127 cm³/mol. The fourth-order valence-electron chi connectivity index (χ4n) is 4.46. The fraction of sp³-hybridized carbons (Fsp3) is 0.333. The van der Waals surface area contributed by atoms with Crippen molar-refractivity contribution in [3.63, 3.8) is 0 Å². The third-order valence-electron chi connectivity index (χ3n) is 6.37. The second-order valence-electron chi connectivity index (χ2n) is 8.33. The minimum Gasteiger partial charge on any atom is -0.493 e. The summed E-state index contributed by atoms with van der Waals surface area (Å²) in [4.78, 5) is 17.7. The summed E-state index contributed by atoms with van der Waals surface area (Å²) >= 11 is 0. The Hall–Kier alpha value is -3.38. The number of nitrogens with one attached hydrogen (secondary N) is 1. The van der Waals surface area contributed by atoms with E-state index in [2.05, 4.69) is 22.4 Å². The number of aromatic nitrogens is 1. The topological polar surface area (TPSA) is 69.7 Å². The van der Waals surface area contributed by atoms with Gasteiger partial charge in [0.05, 0.1) is 19.6 Å². The molecular weight excluding hydrogens is 416 g/mol. The Labute approximate surface area is 194 Å². The summed E-state index contributed by atoms with van der Waals surface area (Å²) in [5.41, 5.74) is 3.84. The van der Waals surface area contributed by atoms with Gasteiger partial charge in [-0.05, 0) is 65.8 Å². The summed E-state index contributed by atoms with van der Waals surface area (Å²) in [6, 6.07) is 18.0. The number of hydrogen-bond acceptors (Lipinski definition) is 5. The molecule has 0 radical (unpaired) electrons. The van der Waals surface area contributed by atoms with Crippen molar-refractivity contribution in [2.45, 2.75) is 25.8 Å². The Morgan fingerprint density at radius 3 is 2.45 bits per heavy atom. The van der Waals surface area contributed by atoms with Gasteiger partial charge in [0.25, 0.3) is 0 Å². The molecule has 1 aliphatic rings. The molecule has 4 rings (SSSR count). The molecule has 0 atom stereocenters. The van der Waals surface area contributed by atoms with E-state index in [0.29, 0.717) is 50.5 Å². The van der Waals surface area contributed by atoms with Crippen molar-refractivity contribution in [2.75, 3.05) is 27.4 Å². The van der Waals surface area contributed by atoms with E-state index in [0.717, 1.165) is 22.3 Å². The second kappa shape index (κ2) is 10.5. The van der Waals surface area contributed by atoms with Crippen LogP contribution in [-0.4, -0.2) is 38.3 Å². The van der Waals surface area contributed by atoms with Gasteiger partial charge in [0.1, 0.15) is 0 Å². The van der Waals surface area contributed by atoms with Crippen LogP contribution in [0.15, 0.2) is 67.0 Å². The number of nitrogens with zero attached hydrogens (tertiary/aromatic N) is 1. The van der Waals surface area contributed by atoms with Crippen molar-refractivity contribution in [1.82, 2.24) is 10.3 Å². The van der Waals surface area contributed by atoms with Crippen LogP contribution in [-0.2, 0) is 22.5 Å². The number of ether oxygens (including phenoxy) is 3. The third kappa shape index (κ3) is 5.17. The third-order valence-corrected chi connectivity index (χ3v) is 6.37. The van der Waals surface area contributed by atoms with Crippen molar-refractivity contribution < 1.29 is 19.0 Å². The Kier molecular flexibility index (Phi) is 7.25. The molecule has 0 saturated carbocycles. The standard InChI is InChI=1S/C27H30N2O4/c1-31-24-8-7-20(17-25(24)32-2)19-29-26(30)27(11-15-33-16-12-27)18-22-5-3-4-6-23(22)21-9-13-28-14-10-21/h3-10,13-14,17H,11-12,15-16,18-19H2,1-2H3,(H,29,30). The first-order chi connectivity index (χ1) is 16.1. The quantitative estimate of drug-likeness (QED) is 0.555. The van der Waals surface area contributed by atoms with Gasteiger partial charge in [-0.1, -0.05) is 30.3 Å². The highest BCUT2D eigenvalue weighted by molar-refractivity contribution is 5.83. The highest BCUT2D eigenvalue weighted by atomic mass is 16.5. The maximum atomic E-state index is 13.6. The van der Waals surface area contributed by atoms with E-state index in [1.165, 1.54) is 0 Å². The number of carbonyl (C=O) groups is 1. The first kappa shape index (κ1) is 22.8. The molecule has 2 aromatic carbocycles. The maximum absolute atomic E-state index is 13.6. The van der Waals surface area contributed by atoms with Gasteiger partial charge in [-0.15, -0.1) is 0 Å². The number of benzene rings is 2. The van der Waals surface area contributed by atoms with E-state index in [1.54, 1.807) is 26.6 Å². The molecule has 1 aromatic heterocycles. The zero-order chi connectivity index (χ0) is 23.1. The van der Waals surface area contributed by atoms with Crippen LogP contribution >= 0.6 is 0 Å². The van der Waals surface area contributed by atoms with Crippen LogP contribution in [0.2, 0.25) is 0 Å². The van der Waals surface area contributed by atoms with Gasteiger partial charge >= 0.3 is 0 Å². The lowest BCUT2D eigenvalue weighted by Crippen LogP contribution is -2.46. The zero-order valence-electron chi connectivity index (χ0n) is 19.2. The van der Waals surface area contributed by atoms with E-state index < -0.39 is 5.41 Å². The normalized spacial score (nSPS) is 15.0. The highest BCUT2D eigenvalue weighted by Gasteiger charge is 2.40. The van der Waals surface area contributed by atoms with Crippen LogP contribution in [0.5, 0.6) is 11.5 Å². The first-order valence-corrected chi connectivity index (χ1v) is 11.2.